The maximum Gasteiger partial charge on any atom is 0.252 e. The number of aliphatic hydroxyl groups excluding tert-OH is 1. The van der Waals surface area contributed by atoms with Crippen molar-refractivity contribution in [3.8, 4) is 0 Å². The van der Waals surface area contributed by atoms with E-state index in [1.165, 1.54) is 12.8 Å². The fourth-order valence-corrected chi connectivity index (χ4v) is 5.32. The number of piperazine rings is 1. The molecule has 0 atom stereocenters. The fourth-order valence-electron chi connectivity index (χ4n) is 2.53. The smallest absolute Gasteiger partial charge is 0.252 e. The van der Waals surface area contributed by atoms with Crippen LogP contribution in [0.15, 0.2) is 16.3 Å². The zero-order chi connectivity index (χ0) is 14.2. The van der Waals surface area contributed by atoms with Crippen LogP contribution in [0.1, 0.15) is 17.7 Å². The molecule has 1 N–H and O–H groups in total. The molecule has 0 bridgehead atoms. The van der Waals surface area contributed by atoms with Gasteiger partial charge in [-0.25, -0.2) is 8.42 Å². The van der Waals surface area contributed by atoms with E-state index < -0.39 is 10.0 Å². The molecule has 1 saturated heterocycles. The Kier molecular flexibility index (Phi) is 4.14. The zero-order valence-corrected chi connectivity index (χ0v) is 13.0. The lowest BCUT2D eigenvalue weighted by molar-refractivity contribution is 0.182. The van der Waals surface area contributed by atoms with Gasteiger partial charge in [0, 0.05) is 37.6 Å². The lowest BCUT2D eigenvalue weighted by Gasteiger charge is -2.33. The summed E-state index contributed by atoms with van der Waals surface area (Å²) in [4.78, 5) is 3.06. The third-order valence-corrected chi connectivity index (χ3v) is 7.37. The lowest BCUT2D eigenvalue weighted by Crippen LogP contribution is -2.48. The highest BCUT2D eigenvalue weighted by atomic mass is 32.2. The third kappa shape index (κ3) is 3.07. The van der Waals surface area contributed by atoms with Gasteiger partial charge >= 0.3 is 0 Å². The lowest BCUT2D eigenvalue weighted by atomic mass is 10.3. The molecule has 0 spiro atoms. The van der Waals surface area contributed by atoms with Crippen LogP contribution in [0.25, 0.3) is 0 Å². The van der Waals surface area contributed by atoms with E-state index in [2.05, 4.69) is 4.90 Å². The van der Waals surface area contributed by atoms with Crippen LogP contribution in [0.5, 0.6) is 0 Å². The highest BCUT2D eigenvalue weighted by Gasteiger charge is 2.31. The molecule has 3 rings (SSSR count). The number of hydrogen-bond acceptors (Lipinski definition) is 5. The summed E-state index contributed by atoms with van der Waals surface area (Å²) in [6.45, 7) is 3.82. The van der Waals surface area contributed by atoms with Gasteiger partial charge in [-0.1, -0.05) is 0 Å². The van der Waals surface area contributed by atoms with E-state index in [0.717, 1.165) is 36.9 Å². The largest absolute Gasteiger partial charge is 0.391 e. The average molecular weight is 316 g/mol. The van der Waals surface area contributed by atoms with Gasteiger partial charge in [-0.15, -0.1) is 11.3 Å². The molecule has 1 aliphatic heterocycles. The minimum atomic E-state index is -3.37. The molecule has 1 aliphatic carbocycles. The number of aliphatic hydroxyl groups is 1. The van der Waals surface area contributed by atoms with Crippen LogP contribution in [0.4, 0.5) is 0 Å². The van der Waals surface area contributed by atoms with Crippen molar-refractivity contribution in [2.45, 2.75) is 23.7 Å². The Morgan fingerprint density at radius 2 is 1.90 bits per heavy atom. The van der Waals surface area contributed by atoms with Crippen molar-refractivity contribution < 1.29 is 13.5 Å². The van der Waals surface area contributed by atoms with Gasteiger partial charge in [0.2, 0.25) is 0 Å². The molecule has 1 aromatic rings. The van der Waals surface area contributed by atoms with Crippen LogP contribution in [-0.4, -0.2) is 55.5 Å². The molecule has 20 heavy (non-hydrogen) atoms. The molecular formula is C13H20N2O3S2. The summed E-state index contributed by atoms with van der Waals surface area (Å²) >= 11 is 1.16. The fraction of sp³-hybridized carbons (Fsp3) is 0.692. The molecule has 0 radical (unpaired) electrons. The van der Waals surface area contributed by atoms with Gasteiger partial charge in [0.05, 0.1) is 6.61 Å². The highest BCUT2D eigenvalue weighted by molar-refractivity contribution is 7.91. The van der Waals surface area contributed by atoms with Crippen LogP contribution in [-0.2, 0) is 16.6 Å². The van der Waals surface area contributed by atoms with E-state index in [9.17, 15) is 8.42 Å². The Balaban J connectivity index is 1.63. The van der Waals surface area contributed by atoms with E-state index in [4.69, 9.17) is 5.11 Å². The van der Waals surface area contributed by atoms with Gasteiger partial charge in [-0.3, -0.25) is 0 Å². The standard InChI is InChI=1S/C13H20N2O3S2/c16-10-12-3-4-13(19-12)20(17,18)15-7-5-14(6-8-15)9-11-1-2-11/h3-4,11,16H,1-2,5-10H2. The molecule has 0 amide bonds. The minimum absolute atomic E-state index is 0.102. The van der Waals surface area contributed by atoms with E-state index in [-0.39, 0.29) is 6.61 Å². The summed E-state index contributed by atoms with van der Waals surface area (Å²) < 4.78 is 26.9. The first kappa shape index (κ1) is 14.5. The number of thiophene rings is 1. The molecule has 2 heterocycles. The van der Waals surface area contributed by atoms with Crippen molar-refractivity contribution in [1.82, 2.24) is 9.21 Å². The van der Waals surface area contributed by atoms with E-state index in [1.807, 2.05) is 0 Å². The molecule has 2 fully saturated rings. The van der Waals surface area contributed by atoms with Crippen LogP contribution in [0.3, 0.4) is 0 Å². The summed E-state index contributed by atoms with van der Waals surface area (Å²) in [6, 6.07) is 3.28. The van der Waals surface area contributed by atoms with E-state index >= 15 is 0 Å². The molecule has 7 heteroatoms. The average Bonchev–Trinajstić information content (AvgIpc) is 3.12. The minimum Gasteiger partial charge on any atom is -0.391 e. The first-order chi connectivity index (χ1) is 9.59. The SMILES string of the molecule is O=S(=O)(c1ccc(CO)s1)N1CCN(CC2CC2)CC1. The summed E-state index contributed by atoms with van der Waals surface area (Å²) in [5, 5.41) is 9.05. The number of sulfonamides is 1. The second-order valence-electron chi connectivity index (χ2n) is 5.53. The van der Waals surface area contributed by atoms with Crippen LogP contribution >= 0.6 is 11.3 Å². The number of rotatable bonds is 5. The maximum atomic E-state index is 12.5. The van der Waals surface area contributed by atoms with Gasteiger partial charge in [-0.2, -0.15) is 4.31 Å². The maximum absolute atomic E-state index is 12.5. The Morgan fingerprint density at radius 3 is 2.45 bits per heavy atom. The monoisotopic (exact) mass is 316 g/mol. The van der Waals surface area contributed by atoms with Crippen molar-refractivity contribution >= 4 is 21.4 Å². The third-order valence-electron chi connectivity index (χ3n) is 3.93. The number of hydrogen-bond donors (Lipinski definition) is 1. The molecule has 0 aromatic carbocycles. The first-order valence-electron chi connectivity index (χ1n) is 7.01. The van der Waals surface area contributed by atoms with Crippen molar-refractivity contribution in [2.24, 2.45) is 5.92 Å². The Labute approximate surface area is 123 Å². The summed E-state index contributed by atoms with van der Waals surface area (Å²) in [6.07, 6.45) is 2.66. The molecule has 1 aromatic heterocycles. The van der Waals surface area contributed by atoms with Gasteiger partial charge in [-0.05, 0) is 30.9 Å². The van der Waals surface area contributed by atoms with Gasteiger partial charge in [0.1, 0.15) is 4.21 Å². The highest BCUT2D eigenvalue weighted by Crippen LogP contribution is 2.30. The van der Waals surface area contributed by atoms with E-state index in [0.29, 0.717) is 22.2 Å². The number of nitrogens with zero attached hydrogens (tertiary/aromatic N) is 2. The zero-order valence-electron chi connectivity index (χ0n) is 11.4. The summed E-state index contributed by atoms with van der Waals surface area (Å²) in [5.74, 6) is 0.850. The van der Waals surface area contributed by atoms with Crippen LogP contribution in [0, 0.1) is 5.92 Å². The molecule has 112 valence electrons. The predicted octanol–water partition coefficient (Wildman–Crippen LogP) is 0.957. The van der Waals surface area contributed by atoms with Crippen LogP contribution in [0.2, 0.25) is 0 Å². The predicted molar refractivity (Wildman–Crippen MR) is 78.2 cm³/mol. The van der Waals surface area contributed by atoms with Gasteiger partial charge < -0.3 is 10.0 Å². The molecule has 2 aliphatic rings. The molecule has 1 saturated carbocycles. The van der Waals surface area contributed by atoms with Gasteiger partial charge in [0.25, 0.3) is 10.0 Å². The van der Waals surface area contributed by atoms with Crippen molar-refractivity contribution in [2.75, 3.05) is 32.7 Å². The summed E-state index contributed by atoms with van der Waals surface area (Å²) in [5.41, 5.74) is 0. The second-order valence-corrected chi connectivity index (χ2v) is 8.86. The van der Waals surface area contributed by atoms with Crippen LogP contribution < -0.4 is 0 Å². The Morgan fingerprint density at radius 1 is 1.20 bits per heavy atom. The second kappa shape index (κ2) is 5.73. The van der Waals surface area contributed by atoms with Crippen molar-refractivity contribution in [3.05, 3.63) is 17.0 Å². The Hall–Kier alpha value is -0.470. The van der Waals surface area contributed by atoms with E-state index in [1.54, 1.807) is 16.4 Å². The van der Waals surface area contributed by atoms with Crippen molar-refractivity contribution in [3.63, 3.8) is 0 Å². The summed E-state index contributed by atoms with van der Waals surface area (Å²) in [7, 11) is -3.37. The quantitative estimate of drug-likeness (QED) is 0.879. The molecule has 0 unspecified atom stereocenters. The topological polar surface area (TPSA) is 60.9 Å². The molecular weight excluding hydrogens is 296 g/mol. The van der Waals surface area contributed by atoms with Gasteiger partial charge in [0.15, 0.2) is 0 Å². The normalized spacial score (nSPS) is 22.2. The molecule has 5 nitrogen and oxygen atoms in total. The first-order valence-corrected chi connectivity index (χ1v) is 9.27. The Bertz CT molecular complexity index is 558. The van der Waals surface area contributed by atoms with Crippen molar-refractivity contribution in [1.29, 1.82) is 0 Å².